The third kappa shape index (κ3) is 5.59. The third-order valence-corrected chi connectivity index (χ3v) is 2.97. The van der Waals surface area contributed by atoms with Crippen LogP contribution in [0.4, 0.5) is 0 Å². The monoisotopic (exact) mass is 331 g/mol. The van der Waals surface area contributed by atoms with Crippen LogP contribution in [0.1, 0.15) is 12.5 Å². The lowest BCUT2D eigenvalue weighted by Crippen LogP contribution is -2.24. The summed E-state index contributed by atoms with van der Waals surface area (Å²) >= 11 is 3.39. The fraction of sp³-hybridized carbons (Fsp3) is 0.462. The van der Waals surface area contributed by atoms with Crippen LogP contribution in [0.5, 0.6) is 5.75 Å². The van der Waals surface area contributed by atoms with Gasteiger partial charge in [-0.15, -0.1) is 0 Å². The number of hydrogen-bond donors (Lipinski definition) is 2. The molecule has 19 heavy (non-hydrogen) atoms. The summed E-state index contributed by atoms with van der Waals surface area (Å²) in [6.07, 6.45) is -0.876. The molecule has 0 aliphatic rings. The molecule has 0 bridgehead atoms. The summed E-state index contributed by atoms with van der Waals surface area (Å²) in [5.74, 6) is -0.413. The molecule has 1 rings (SSSR count). The van der Waals surface area contributed by atoms with Crippen LogP contribution in [-0.4, -0.2) is 37.4 Å². The molecule has 0 aliphatic carbocycles. The van der Waals surface area contributed by atoms with Crippen molar-refractivity contribution in [1.82, 2.24) is 5.32 Å². The molecule has 5 nitrogen and oxygen atoms in total. The van der Waals surface area contributed by atoms with Gasteiger partial charge in [0.15, 0.2) is 6.10 Å². The maximum Gasteiger partial charge on any atom is 0.344 e. The number of ether oxygens (including phenoxy) is 2. The summed E-state index contributed by atoms with van der Waals surface area (Å²) in [5, 5.41) is 12.1. The van der Waals surface area contributed by atoms with Gasteiger partial charge in [0.05, 0.1) is 6.61 Å². The number of hydrogen-bond acceptors (Lipinski definition) is 4. The molecule has 1 aromatic rings. The summed E-state index contributed by atoms with van der Waals surface area (Å²) in [5.41, 5.74) is 0.901. The van der Waals surface area contributed by atoms with Gasteiger partial charge >= 0.3 is 5.97 Å². The van der Waals surface area contributed by atoms with E-state index in [0.29, 0.717) is 18.9 Å². The molecule has 6 heteroatoms. The van der Waals surface area contributed by atoms with Gasteiger partial charge in [0.25, 0.3) is 0 Å². The van der Waals surface area contributed by atoms with E-state index in [1.165, 1.54) is 6.92 Å². The first-order valence-corrected chi connectivity index (χ1v) is 6.71. The van der Waals surface area contributed by atoms with Crippen molar-refractivity contribution in [2.45, 2.75) is 19.6 Å². The highest BCUT2D eigenvalue weighted by molar-refractivity contribution is 9.10. The molecule has 0 aliphatic heterocycles. The van der Waals surface area contributed by atoms with E-state index in [0.717, 1.165) is 16.6 Å². The van der Waals surface area contributed by atoms with Crippen LogP contribution in [0.3, 0.4) is 0 Å². The summed E-state index contributed by atoms with van der Waals surface area (Å²) in [6, 6.07) is 5.49. The van der Waals surface area contributed by atoms with Crippen molar-refractivity contribution in [3.05, 3.63) is 28.2 Å². The SMILES string of the molecule is COCCNCc1cc(Br)ccc1OC(C)C(=O)O. The third-order valence-electron chi connectivity index (χ3n) is 2.47. The summed E-state index contributed by atoms with van der Waals surface area (Å²) in [7, 11) is 1.64. The summed E-state index contributed by atoms with van der Waals surface area (Å²) in [6.45, 7) is 3.43. The van der Waals surface area contributed by atoms with Crippen molar-refractivity contribution >= 4 is 21.9 Å². The van der Waals surface area contributed by atoms with E-state index < -0.39 is 12.1 Å². The van der Waals surface area contributed by atoms with Crippen LogP contribution in [0.2, 0.25) is 0 Å². The van der Waals surface area contributed by atoms with Crippen molar-refractivity contribution in [3.63, 3.8) is 0 Å². The minimum absolute atomic E-state index is 0.572. The van der Waals surface area contributed by atoms with E-state index in [4.69, 9.17) is 14.6 Å². The van der Waals surface area contributed by atoms with Crippen LogP contribution in [-0.2, 0) is 16.1 Å². The lowest BCUT2D eigenvalue weighted by molar-refractivity contribution is -0.144. The van der Waals surface area contributed by atoms with Gasteiger partial charge in [0.1, 0.15) is 5.75 Å². The van der Waals surface area contributed by atoms with Crippen LogP contribution in [0, 0.1) is 0 Å². The number of halogens is 1. The summed E-state index contributed by atoms with van der Waals surface area (Å²) < 4.78 is 11.3. The Kier molecular flexibility index (Phi) is 6.83. The predicted octanol–water partition coefficient (Wildman–Crippen LogP) is 2.04. The molecule has 1 unspecified atom stereocenters. The van der Waals surface area contributed by atoms with Crippen LogP contribution in [0.15, 0.2) is 22.7 Å². The van der Waals surface area contributed by atoms with Gasteiger partial charge in [-0.05, 0) is 25.1 Å². The second-order valence-electron chi connectivity index (χ2n) is 4.02. The quantitative estimate of drug-likeness (QED) is 0.713. The van der Waals surface area contributed by atoms with Gasteiger partial charge in [0.2, 0.25) is 0 Å². The van der Waals surface area contributed by atoms with E-state index in [1.54, 1.807) is 13.2 Å². The Morgan fingerprint density at radius 3 is 2.89 bits per heavy atom. The van der Waals surface area contributed by atoms with Crippen molar-refractivity contribution in [1.29, 1.82) is 0 Å². The molecule has 0 aromatic heterocycles. The van der Waals surface area contributed by atoms with Gasteiger partial charge in [-0.2, -0.15) is 0 Å². The highest BCUT2D eigenvalue weighted by Gasteiger charge is 2.14. The molecular weight excluding hydrogens is 314 g/mol. The number of rotatable bonds is 8. The van der Waals surface area contributed by atoms with E-state index in [1.807, 2.05) is 12.1 Å². The Morgan fingerprint density at radius 2 is 2.26 bits per heavy atom. The summed E-state index contributed by atoms with van der Waals surface area (Å²) in [4.78, 5) is 10.8. The Labute approximate surface area is 121 Å². The topological polar surface area (TPSA) is 67.8 Å². The lowest BCUT2D eigenvalue weighted by atomic mass is 10.2. The molecule has 0 saturated heterocycles. The molecule has 0 fully saturated rings. The number of carboxylic acid groups (broad SMARTS) is 1. The molecule has 0 heterocycles. The zero-order chi connectivity index (χ0) is 14.3. The van der Waals surface area contributed by atoms with Crippen LogP contribution < -0.4 is 10.1 Å². The van der Waals surface area contributed by atoms with Crippen LogP contribution >= 0.6 is 15.9 Å². The minimum atomic E-state index is -0.985. The number of benzene rings is 1. The Bertz CT molecular complexity index is 425. The highest BCUT2D eigenvalue weighted by atomic mass is 79.9. The Balaban J connectivity index is 2.71. The maximum absolute atomic E-state index is 10.8. The second kappa shape index (κ2) is 8.14. The van der Waals surface area contributed by atoms with Crippen molar-refractivity contribution in [2.24, 2.45) is 0 Å². The number of carboxylic acids is 1. The number of aliphatic carboxylic acids is 1. The average molecular weight is 332 g/mol. The van der Waals surface area contributed by atoms with Crippen molar-refractivity contribution in [2.75, 3.05) is 20.3 Å². The predicted molar refractivity (Wildman–Crippen MR) is 75.5 cm³/mol. The average Bonchev–Trinajstić information content (AvgIpc) is 2.37. The molecule has 0 amide bonds. The van der Waals surface area contributed by atoms with Crippen molar-refractivity contribution in [3.8, 4) is 5.75 Å². The highest BCUT2D eigenvalue weighted by Crippen LogP contribution is 2.24. The Morgan fingerprint density at radius 1 is 1.53 bits per heavy atom. The van der Waals surface area contributed by atoms with E-state index in [-0.39, 0.29) is 0 Å². The Hall–Kier alpha value is -1.11. The van der Waals surface area contributed by atoms with Gasteiger partial charge < -0.3 is 19.9 Å². The molecule has 1 aromatic carbocycles. The van der Waals surface area contributed by atoms with Gasteiger partial charge in [-0.25, -0.2) is 4.79 Å². The first-order valence-electron chi connectivity index (χ1n) is 5.92. The maximum atomic E-state index is 10.8. The lowest BCUT2D eigenvalue weighted by Gasteiger charge is -2.15. The number of carbonyl (C=O) groups is 1. The molecule has 2 N–H and O–H groups in total. The fourth-order valence-corrected chi connectivity index (χ4v) is 1.85. The smallest absolute Gasteiger partial charge is 0.344 e. The number of nitrogens with one attached hydrogen (secondary N) is 1. The molecule has 0 spiro atoms. The molecule has 0 radical (unpaired) electrons. The second-order valence-corrected chi connectivity index (χ2v) is 4.94. The van der Waals surface area contributed by atoms with Gasteiger partial charge in [-0.3, -0.25) is 0 Å². The first kappa shape index (κ1) is 15.9. The van der Waals surface area contributed by atoms with Crippen molar-refractivity contribution < 1.29 is 19.4 Å². The molecule has 0 saturated carbocycles. The normalized spacial score (nSPS) is 12.2. The zero-order valence-corrected chi connectivity index (χ0v) is 12.6. The van der Waals surface area contributed by atoms with E-state index in [2.05, 4.69) is 21.2 Å². The number of methoxy groups -OCH3 is 1. The first-order chi connectivity index (χ1) is 9.04. The van der Waals surface area contributed by atoms with E-state index >= 15 is 0 Å². The van der Waals surface area contributed by atoms with Crippen LogP contribution in [0.25, 0.3) is 0 Å². The van der Waals surface area contributed by atoms with Gasteiger partial charge in [0, 0.05) is 30.2 Å². The van der Waals surface area contributed by atoms with Gasteiger partial charge in [-0.1, -0.05) is 15.9 Å². The largest absolute Gasteiger partial charge is 0.479 e. The molecule has 106 valence electrons. The molecule has 1 atom stereocenters. The standard InChI is InChI=1S/C13H18BrNO4/c1-9(13(16)17)19-12-4-3-11(14)7-10(12)8-15-5-6-18-2/h3-4,7,9,15H,5-6,8H2,1-2H3,(H,16,17). The minimum Gasteiger partial charge on any atom is -0.479 e. The molecular formula is C13H18BrNO4. The fourth-order valence-electron chi connectivity index (χ4n) is 1.44. The van der Waals surface area contributed by atoms with E-state index in [9.17, 15) is 4.79 Å². The zero-order valence-electron chi connectivity index (χ0n) is 11.0.